The van der Waals surface area contributed by atoms with Gasteiger partial charge in [0, 0.05) is 25.3 Å². The van der Waals surface area contributed by atoms with E-state index in [0.717, 1.165) is 19.3 Å². The van der Waals surface area contributed by atoms with Crippen LogP contribution in [0.4, 0.5) is 4.79 Å². The largest absolute Gasteiger partial charge is 0.444 e. The lowest BCUT2D eigenvalue weighted by molar-refractivity contribution is 0.0462. The molecule has 1 fully saturated rings. The number of halogens is 1. The Morgan fingerprint density at radius 1 is 1.42 bits per heavy atom. The van der Waals surface area contributed by atoms with Crippen molar-refractivity contribution in [2.24, 2.45) is 0 Å². The fraction of sp³-hybridized carbons (Fsp3) is 0.588. The number of aromatic nitrogens is 1. The van der Waals surface area contributed by atoms with Crippen molar-refractivity contribution in [1.29, 1.82) is 0 Å². The van der Waals surface area contributed by atoms with E-state index >= 15 is 0 Å². The van der Waals surface area contributed by atoms with Crippen LogP contribution in [-0.4, -0.2) is 46.6 Å². The zero-order valence-electron chi connectivity index (χ0n) is 14.3. The Hall–Kier alpha value is -1.82. The van der Waals surface area contributed by atoms with Crippen LogP contribution in [0.2, 0.25) is 5.15 Å². The smallest absolute Gasteiger partial charge is 0.407 e. The number of ether oxygens (including phenoxy) is 1. The molecule has 0 saturated carbocycles. The molecule has 1 N–H and O–H groups in total. The van der Waals surface area contributed by atoms with Crippen LogP contribution in [-0.2, 0) is 4.74 Å². The first-order valence-corrected chi connectivity index (χ1v) is 8.54. The molecule has 1 aromatic heterocycles. The first-order chi connectivity index (χ1) is 11.3. The molecule has 0 spiro atoms. The second kappa shape index (κ2) is 7.83. The molecule has 1 aliphatic heterocycles. The number of hydrogen-bond acceptors (Lipinski definition) is 4. The number of pyridine rings is 1. The van der Waals surface area contributed by atoms with Crippen LogP contribution in [0.1, 0.15) is 50.4 Å². The highest BCUT2D eigenvalue weighted by Gasteiger charge is 2.29. The third-order valence-electron chi connectivity index (χ3n) is 3.76. The van der Waals surface area contributed by atoms with Gasteiger partial charge in [0.2, 0.25) is 0 Å². The van der Waals surface area contributed by atoms with Crippen molar-refractivity contribution >= 4 is 23.6 Å². The molecule has 24 heavy (non-hydrogen) atoms. The monoisotopic (exact) mass is 353 g/mol. The van der Waals surface area contributed by atoms with Gasteiger partial charge in [0.15, 0.2) is 0 Å². The van der Waals surface area contributed by atoms with Crippen LogP contribution in [0.15, 0.2) is 18.3 Å². The number of carbonyl (C=O) groups excluding carboxylic acids is 2. The summed E-state index contributed by atoms with van der Waals surface area (Å²) in [6.45, 7) is 6.44. The van der Waals surface area contributed by atoms with Crippen molar-refractivity contribution < 1.29 is 14.3 Å². The topological polar surface area (TPSA) is 71.5 Å². The minimum Gasteiger partial charge on any atom is -0.444 e. The van der Waals surface area contributed by atoms with Crippen molar-refractivity contribution in [2.75, 3.05) is 13.1 Å². The Kier molecular flexibility index (Phi) is 6.04. The maximum Gasteiger partial charge on any atom is 0.407 e. The summed E-state index contributed by atoms with van der Waals surface area (Å²) in [7, 11) is 0. The number of hydrogen-bond donors (Lipinski definition) is 1. The van der Waals surface area contributed by atoms with Crippen LogP contribution < -0.4 is 5.32 Å². The standard InChI is InChI=1S/C17H24ClN3O3/c1-17(2,3)24-16(23)20-11-12-7-4-5-10-21(12)15(22)13-8-6-9-19-14(13)18/h6,8-9,12H,4-5,7,10-11H2,1-3H3,(H,20,23). The summed E-state index contributed by atoms with van der Waals surface area (Å²) in [5.74, 6) is -0.149. The number of likely N-dealkylation sites (tertiary alicyclic amines) is 1. The highest BCUT2D eigenvalue weighted by molar-refractivity contribution is 6.32. The molecule has 1 aromatic rings. The van der Waals surface area contributed by atoms with Crippen molar-refractivity contribution in [2.45, 2.75) is 51.7 Å². The molecule has 1 unspecified atom stereocenters. The molecule has 1 saturated heterocycles. The number of piperidine rings is 1. The quantitative estimate of drug-likeness (QED) is 0.847. The van der Waals surface area contributed by atoms with E-state index in [1.807, 2.05) is 20.8 Å². The van der Waals surface area contributed by atoms with Crippen molar-refractivity contribution in [3.63, 3.8) is 0 Å². The zero-order chi connectivity index (χ0) is 17.7. The van der Waals surface area contributed by atoms with Gasteiger partial charge < -0.3 is 15.0 Å². The Bertz CT molecular complexity index is 601. The van der Waals surface area contributed by atoms with Gasteiger partial charge in [0.05, 0.1) is 5.56 Å². The number of amides is 2. The van der Waals surface area contributed by atoms with E-state index in [9.17, 15) is 9.59 Å². The molecular formula is C17H24ClN3O3. The van der Waals surface area contributed by atoms with Crippen LogP contribution in [0, 0.1) is 0 Å². The third-order valence-corrected chi connectivity index (χ3v) is 4.06. The molecule has 0 bridgehead atoms. The lowest BCUT2D eigenvalue weighted by Gasteiger charge is -2.36. The van der Waals surface area contributed by atoms with Crippen LogP contribution in [0.5, 0.6) is 0 Å². The fourth-order valence-corrected chi connectivity index (χ4v) is 2.90. The number of carbonyl (C=O) groups is 2. The Morgan fingerprint density at radius 3 is 2.83 bits per heavy atom. The molecule has 6 nitrogen and oxygen atoms in total. The molecule has 132 valence electrons. The molecule has 2 amide bonds. The van der Waals surface area contributed by atoms with Gasteiger partial charge in [-0.25, -0.2) is 9.78 Å². The predicted molar refractivity (Wildman–Crippen MR) is 92.2 cm³/mol. The van der Waals surface area contributed by atoms with Crippen molar-refractivity contribution in [3.05, 3.63) is 29.0 Å². The normalized spacial score (nSPS) is 18.2. The van der Waals surface area contributed by atoms with Gasteiger partial charge in [-0.05, 0) is 52.2 Å². The Morgan fingerprint density at radius 2 is 2.17 bits per heavy atom. The van der Waals surface area contributed by atoms with Gasteiger partial charge in [0.1, 0.15) is 10.8 Å². The molecule has 1 aliphatic rings. The van der Waals surface area contributed by atoms with E-state index in [0.29, 0.717) is 18.7 Å². The molecule has 0 radical (unpaired) electrons. The number of nitrogens with one attached hydrogen (secondary N) is 1. The lowest BCUT2D eigenvalue weighted by Crippen LogP contribution is -2.50. The van der Waals surface area contributed by atoms with Crippen LogP contribution in [0.25, 0.3) is 0 Å². The van der Waals surface area contributed by atoms with Crippen LogP contribution in [0.3, 0.4) is 0 Å². The van der Waals surface area contributed by atoms with E-state index in [2.05, 4.69) is 10.3 Å². The molecule has 2 rings (SSSR count). The Labute approximate surface area is 147 Å². The fourth-order valence-electron chi connectivity index (χ4n) is 2.70. The van der Waals surface area contributed by atoms with E-state index in [1.54, 1.807) is 23.2 Å². The highest BCUT2D eigenvalue weighted by atomic mass is 35.5. The van der Waals surface area contributed by atoms with E-state index in [-0.39, 0.29) is 17.1 Å². The first kappa shape index (κ1) is 18.5. The van der Waals surface area contributed by atoms with Gasteiger partial charge in [-0.3, -0.25) is 4.79 Å². The summed E-state index contributed by atoms with van der Waals surface area (Å²) in [4.78, 5) is 30.3. The molecule has 0 aliphatic carbocycles. The summed E-state index contributed by atoms with van der Waals surface area (Å²) in [6, 6.07) is 3.29. The number of rotatable bonds is 3. The molecular weight excluding hydrogens is 330 g/mol. The minimum atomic E-state index is -0.546. The van der Waals surface area contributed by atoms with E-state index < -0.39 is 11.7 Å². The zero-order valence-corrected chi connectivity index (χ0v) is 15.1. The first-order valence-electron chi connectivity index (χ1n) is 8.16. The van der Waals surface area contributed by atoms with Gasteiger partial charge in [-0.1, -0.05) is 11.6 Å². The third kappa shape index (κ3) is 5.09. The second-order valence-corrected chi connectivity index (χ2v) is 7.23. The Balaban J connectivity index is 2.01. The van der Waals surface area contributed by atoms with E-state index in [4.69, 9.17) is 16.3 Å². The molecule has 1 atom stereocenters. The second-order valence-electron chi connectivity index (χ2n) is 6.87. The number of alkyl carbamates (subject to hydrolysis) is 1. The average molecular weight is 354 g/mol. The van der Waals surface area contributed by atoms with Gasteiger partial charge in [-0.2, -0.15) is 0 Å². The molecule has 7 heteroatoms. The average Bonchev–Trinajstić information content (AvgIpc) is 2.51. The van der Waals surface area contributed by atoms with Gasteiger partial charge >= 0.3 is 6.09 Å². The molecule has 0 aromatic carbocycles. The maximum absolute atomic E-state index is 12.8. The van der Waals surface area contributed by atoms with Crippen molar-refractivity contribution in [3.8, 4) is 0 Å². The molecule has 2 heterocycles. The van der Waals surface area contributed by atoms with Gasteiger partial charge in [0.25, 0.3) is 5.91 Å². The van der Waals surface area contributed by atoms with E-state index in [1.165, 1.54) is 0 Å². The minimum absolute atomic E-state index is 0.0740. The number of nitrogens with zero attached hydrogens (tertiary/aromatic N) is 2. The highest BCUT2D eigenvalue weighted by Crippen LogP contribution is 2.22. The summed E-state index contributed by atoms with van der Waals surface area (Å²) < 4.78 is 5.24. The lowest BCUT2D eigenvalue weighted by atomic mass is 10.0. The summed E-state index contributed by atoms with van der Waals surface area (Å²) in [6.07, 6.45) is 3.87. The summed E-state index contributed by atoms with van der Waals surface area (Å²) >= 11 is 6.04. The summed E-state index contributed by atoms with van der Waals surface area (Å²) in [5.41, 5.74) is -0.154. The predicted octanol–water partition coefficient (Wildman–Crippen LogP) is 3.25. The van der Waals surface area contributed by atoms with Crippen molar-refractivity contribution in [1.82, 2.24) is 15.2 Å². The van der Waals surface area contributed by atoms with Gasteiger partial charge in [-0.15, -0.1) is 0 Å². The summed E-state index contributed by atoms with van der Waals surface area (Å²) in [5, 5.41) is 2.96. The maximum atomic E-state index is 12.8. The van der Waals surface area contributed by atoms with Crippen LogP contribution >= 0.6 is 11.6 Å². The SMILES string of the molecule is CC(C)(C)OC(=O)NCC1CCCCN1C(=O)c1cccnc1Cl.